The van der Waals surface area contributed by atoms with Crippen LogP contribution in [0.15, 0.2) is 18.2 Å². The largest absolute Gasteiger partial charge is 0.399 e. The van der Waals surface area contributed by atoms with Crippen molar-refractivity contribution in [2.24, 2.45) is 0 Å². The van der Waals surface area contributed by atoms with E-state index in [0.29, 0.717) is 5.69 Å². The summed E-state index contributed by atoms with van der Waals surface area (Å²) in [6, 6.07) is 4.98. The topological polar surface area (TPSA) is 26.0 Å². The van der Waals surface area contributed by atoms with Gasteiger partial charge < -0.3 is 5.73 Å². The monoisotopic (exact) mass is 223 g/mol. The van der Waals surface area contributed by atoms with Gasteiger partial charge >= 0.3 is 0 Å². The zero-order valence-corrected chi connectivity index (χ0v) is 10.1. The highest BCUT2D eigenvalue weighted by Crippen LogP contribution is 2.15. The first-order valence-corrected chi connectivity index (χ1v) is 6.28. The van der Waals surface area contributed by atoms with Gasteiger partial charge in [0.05, 0.1) is 0 Å². The first-order chi connectivity index (χ1) is 7.74. The zero-order valence-electron chi connectivity index (χ0n) is 10.1. The number of benzene rings is 1. The molecular formula is C14H22FN. The van der Waals surface area contributed by atoms with Gasteiger partial charge in [-0.2, -0.15) is 0 Å². The van der Waals surface area contributed by atoms with Crippen molar-refractivity contribution in [3.8, 4) is 0 Å². The molecule has 0 saturated carbocycles. The fourth-order valence-corrected chi connectivity index (χ4v) is 1.86. The van der Waals surface area contributed by atoms with Crippen LogP contribution in [0.3, 0.4) is 0 Å². The number of hydrogen-bond acceptors (Lipinski definition) is 1. The van der Waals surface area contributed by atoms with E-state index in [4.69, 9.17) is 5.73 Å². The third-order valence-electron chi connectivity index (χ3n) is 2.88. The van der Waals surface area contributed by atoms with E-state index in [1.165, 1.54) is 38.2 Å². The summed E-state index contributed by atoms with van der Waals surface area (Å²) < 4.78 is 13.4. The SMILES string of the molecule is CCCCCCCCc1ccc(N)cc1F. The molecule has 1 aromatic carbocycles. The van der Waals surface area contributed by atoms with Gasteiger partial charge in [0, 0.05) is 5.69 Å². The molecule has 90 valence electrons. The van der Waals surface area contributed by atoms with Crippen LogP contribution in [0.5, 0.6) is 0 Å². The number of anilines is 1. The fourth-order valence-electron chi connectivity index (χ4n) is 1.86. The number of hydrogen-bond donors (Lipinski definition) is 1. The molecule has 0 atom stereocenters. The van der Waals surface area contributed by atoms with Crippen molar-refractivity contribution in [2.45, 2.75) is 51.9 Å². The van der Waals surface area contributed by atoms with Crippen LogP contribution in [0.2, 0.25) is 0 Å². The Balaban J connectivity index is 2.21. The van der Waals surface area contributed by atoms with E-state index in [1.54, 1.807) is 12.1 Å². The van der Waals surface area contributed by atoms with E-state index < -0.39 is 0 Å². The molecule has 0 radical (unpaired) electrons. The van der Waals surface area contributed by atoms with Crippen molar-refractivity contribution in [2.75, 3.05) is 5.73 Å². The predicted molar refractivity (Wildman–Crippen MR) is 67.9 cm³/mol. The molecule has 0 spiro atoms. The van der Waals surface area contributed by atoms with Gasteiger partial charge in [-0.3, -0.25) is 0 Å². The summed E-state index contributed by atoms with van der Waals surface area (Å²) in [5.41, 5.74) is 6.80. The lowest BCUT2D eigenvalue weighted by molar-refractivity contribution is 0.581. The molecule has 0 saturated heterocycles. The fraction of sp³-hybridized carbons (Fsp3) is 0.571. The van der Waals surface area contributed by atoms with Gasteiger partial charge in [0.15, 0.2) is 0 Å². The van der Waals surface area contributed by atoms with Gasteiger partial charge in [0.2, 0.25) is 0 Å². The molecule has 0 heterocycles. The minimum atomic E-state index is -0.159. The highest BCUT2D eigenvalue weighted by molar-refractivity contribution is 5.40. The minimum Gasteiger partial charge on any atom is -0.399 e. The molecule has 0 aliphatic rings. The zero-order chi connectivity index (χ0) is 11.8. The second-order valence-corrected chi connectivity index (χ2v) is 4.37. The number of nitrogens with two attached hydrogens (primary N) is 1. The number of aryl methyl sites for hydroxylation is 1. The molecule has 1 nitrogen and oxygen atoms in total. The average molecular weight is 223 g/mol. The van der Waals surface area contributed by atoms with Crippen LogP contribution >= 0.6 is 0 Å². The Morgan fingerprint density at radius 1 is 1.06 bits per heavy atom. The summed E-state index contributed by atoms with van der Waals surface area (Å²) in [6.07, 6.45) is 8.26. The summed E-state index contributed by atoms with van der Waals surface area (Å²) in [5, 5.41) is 0. The number of nitrogen functional groups attached to an aromatic ring is 1. The Labute approximate surface area is 97.9 Å². The third kappa shape index (κ3) is 4.65. The molecule has 0 aliphatic heterocycles. The van der Waals surface area contributed by atoms with Crippen molar-refractivity contribution in [3.05, 3.63) is 29.6 Å². The standard InChI is InChI=1S/C14H22FN/c1-2-3-4-5-6-7-8-12-9-10-13(16)11-14(12)15/h9-11H,2-8,16H2,1H3. The lowest BCUT2D eigenvalue weighted by Crippen LogP contribution is -1.93. The van der Waals surface area contributed by atoms with Gasteiger partial charge in [-0.15, -0.1) is 0 Å². The smallest absolute Gasteiger partial charge is 0.128 e. The van der Waals surface area contributed by atoms with E-state index in [9.17, 15) is 4.39 Å². The lowest BCUT2D eigenvalue weighted by Gasteiger charge is -2.04. The molecule has 1 rings (SSSR count). The second kappa shape index (κ2) is 7.26. The molecule has 0 fully saturated rings. The van der Waals surface area contributed by atoms with Gasteiger partial charge in [0.25, 0.3) is 0 Å². The van der Waals surface area contributed by atoms with Gasteiger partial charge in [-0.25, -0.2) is 4.39 Å². The van der Waals surface area contributed by atoms with Gasteiger partial charge in [0.1, 0.15) is 5.82 Å². The Bertz CT molecular complexity index is 310. The normalized spacial score (nSPS) is 10.6. The molecule has 0 bridgehead atoms. The summed E-state index contributed by atoms with van der Waals surface area (Å²) >= 11 is 0. The Hall–Kier alpha value is -1.05. The van der Waals surface area contributed by atoms with Gasteiger partial charge in [-0.1, -0.05) is 45.1 Å². The molecule has 0 amide bonds. The molecule has 0 aromatic heterocycles. The van der Waals surface area contributed by atoms with Crippen molar-refractivity contribution in [1.29, 1.82) is 0 Å². The second-order valence-electron chi connectivity index (χ2n) is 4.37. The van der Waals surface area contributed by atoms with E-state index in [1.807, 2.05) is 0 Å². The summed E-state index contributed by atoms with van der Waals surface area (Å²) in [6.45, 7) is 2.21. The maximum absolute atomic E-state index is 13.4. The van der Waals surface area contributed by atoms with Crippen molar-refractivity contribution < 1.29 is 4.39 Å². The average Bonchev–Trinajstić information content (AvgIpc) is 2.26. The first kappa shape index (κ1) is 13.0. The van der Waals surface area contributed by atoms with Crippen LogP contribution in [-0.4, -0.2) is 0 Å². The summed E-state index contributed by atoms with van der Waals surface area (Å²) in [4.78, 5) is 0. The highest BCUT2D eigenvalue weighted by atomic mass is 19.1. The number of halogens is 1. The molecule has 1 aromatic rings. The minimum absolute atomic E-state index is 0.159. The number of unbranched alkanes of at least 4 members (excludes halogenated alkanes) is 5. The molecule has 0 aliphatic carbocycles. The molecule has 2 N–H and O–H groups in total. The Morgan fingerprint density at radius 2 is 1.75 bits per heavy atom. The summed E-state index contributed by atoms with van der Waals surface area (Å²) in [5.74, 6) is -0.159. The van der Waals surface area contributed by atoms with Crippen LogP contribution in [0, 0.1) is 5.82 Å². The molecular weight excluding hydrogens is 201 g/mol. The maximum Gasteiger partial charge on any atom is 0.128 e. The Morgan fingerprint density at radius 3 is 2.44 bits per heavy atom. The molecule has 0 unspecified atom stereocenters. The quantitative estimate of drug-likeness (QED) is 0.541. The van der Waals surface area contributed by atoms with Crippen LogP contribution in [0.25, 0.3) is 0 Å². The maximum atomic E-state index is 13.4. The van der Waals surface area contributed by atoms with E-state index in [-0.39, 0.29) is 5.82 Å². The van der Waals surface area contributed by atoms with E-state index >= 15 is 0 Å². The lowest BCUT2D eigenvalue weighted by atomic mass is 10.0. The van der Waals surface area contributed by atoms with Crippen LogP contribution in [0.1, 0.15) is 51.0 Å². The summed E-state index contributed by atoms with van der Waals surface area (Å²) in [7, 11) is 0. The Kier molecular flexibility index (Phi) is 5.91. The first-order valence-electron chi connectivity index (χ1n) is 6.28. The van der Waals surface area contributed by atoms with Crippen LogP contribution in [0.4, 0.5) is 10.1 Å². The van der Waals surface area contributed by atoms with Crippen molar-refractivity contribution >= 4 is 5.69 Å². The number of rotatable bonds is 7. The van der Waals surface area contributed by atoms with Crippen LogP contribution < -0.4 is 5.73 Å². The molecule has 16 heavy (non-hydrogen) atoms. The van der Waals surface area contributed by atoms with Crippen LogP contribution in [-0.2, 0) is 6.42 Å². The van der Waals surface area contributed by atoms with E-state index in [0.717, 1.165) is 18.4 Å². The van der Waals surface area contributed by atoms with Crippen molar-refractivity contribution in [3.63, 3.8) is 0 Å². The van der Waals surface area contributed by atoms with Gasteiger partial charge in [-0.05, 0) is 30.5 Å². The third-order valence-corrected chi connectivity index (χ3v) is 2.88. The van der Waals surface area contributed by atoms with E-state index in [2.05, 4.69) is 6.92 Å². The molecule has 2 heteroatoms. The highest BCUT2D eigenvalue weighted by Gasteiger charge is 2.01. The van der Waals surface area contributed by atoms with Crippen molar-refractivity contribution in [1.82, 2.24) is 0 Å². The predicted octanol–water partition coefficient (Wildman–Crippen LogP) is 4.31.